The maximum atomic E-state index is 4.78. The third-order valence-corrected chi connectivity index (χ3v) is 4.13. The van der Waals surface area contributed by atoms with Crippen LogP contribution in [-0.4, -0.2) is 11.5 Å². The van der Waals surface area contributed by atoms with E-state index in [0.29, 0.717) is 5.92 Å². The molecule has 0 spiro atoms. The molecule has 1 N–H and O–H groups in total. The van der Waals surface area contributed by atoms with E-state index in [9.17, 15) is 0 Å². The molecule has 0 saturated heterocycles. The lowest BCUT2D eigenvalue weighted by atomic mass is 10.1. The molecular formula is C16H22N2S. The van der Waals surface area contributed by atoms with Crippen molar-refractivity contribution < 1.29 is 0 Å². The van der Waals surface area contributed by atoms with Crippen LogP contribution >= 0.6 is 11.3 Å². The molecule has 0 atom stereocenters. The van der Waals surface area contributed by atoms with E-state index in [0.717, 1.165) is 25.2 Å². The first-order valence-electron chi connectivity index (χ1n) is 6.95. The Kier molecular flexibility index (Phi) is 5.11. The van der Waals surface area contributed by atoms with Crippen molar-refractivity contribution in [2.24, 2.45) is 5.92 Å². The molecule has 1 heterocycles. The van der Waals surface area contributed by atoms with Gasteiger partial charge in [-0.3, -0.25) is 0 Å². The minimum Gasteiger partial charge on any atom is -0.312 e. The molecule has 0 aliphatic rings. The Hall–Kier alpha value is -1.19. The second-order valence-electron chi connectivity index (χ2n) is 5.12. The number of thiazole rings is 1. The molecule has 0 radical (unpaired) electrons. The number of benzene rings is 1. The second-order valence-corrected chi connectivity index (χ2v) is 6.29. The van der Waals surface area contributed by atoms with Crippen molar-refractivity contribution in [3.8, 4) is 11.3 Å². The fourth-order valence-electron chi connectivity index (χ4n) is 1.97. The number of rotatable bonds is 6. The highest BCUT2D eigenvalue weighted by Gasteiger charge is 2.11. The van der Waals surface area contributed by atoms with Crippen LogP contribution in [0, 0.1) is 5.92 Å². The quantitative estimate of drug-likeness (QED) is 0.857. The lowest BCUT2D eigenvalue weighted by molar-refractivity contribution is 0.555. The van der Waals surface area contributed by atoms with Crippen LogP contribution in [0.25, 0.3) is 11.3 Å². The number of aromatic nitrogens is 1. The summed E-state index contributed by atoms with van der Waals surface area (Å²) in [5, 5.41) is 4.74. The number of hydrogen-bond donors (Lipinski definition) is 1. The summed E-state index contributed by atoms with van der Waals surface area (Å²) >= 11 is 1.83. The summed E-state index contributed by atoms with van der Waals surface area (Å²) < 4.78 is 0. The van der Waals surface area contributed by atoms with E-state index >= 15 is 0 Å². The molecule has 2 nitrogen and oxygen atoms in total. The van der Waals surface area contributed by atoms with Gasteiger partial charge >= 0.3 is 0 Å². The average Bonchev–Trinajstić information content (AvgIpc) is 2.83. The lowest BCUT2D eigenvalue weighted by Gasteiger charge is -2.07. The third-order valence-electron chi connectivity index (χ3n) is 2.93. The van der Waals surface area contributed by atoms with Crippen molar-refractivity contribution in [3.63, 3.8) is 0 Å². The van der Waals surface area contributed by atoms with Crippen molar-refractivity contribution >= 4 is 11.3 Å². The monoisotopic (exact) mass is 274 g/mol. The van der Waals surface area contributed by atoms with E-state index in [1.54, 1.807) is 0 Å². The molecule has 3 heteroatoms. The highest BCUT2D eigenvalue weighted by atomic mass is 32.1. The number of nitrogens with zero attached hydrogens (tertiary/aromatic N) is 1. The van der Waals surface area contributed by atoms with Crippen LogP contribution in [0.5, 0.6) is 0 Å². The Balaban J connectivity index is 2.19. The fraction of sp³-hybridized carbons (Fsp3) is 0.438. The summed E-state index contributed by atoms with van der Waals surface area (Å²) in [4.78, 5) is 6.13. The van der Waals surface area contributed by atoms with Crippen LogP contribution in [0.1, 0.15) is 30.7 Å². The maximum Gasteiger partial charge on any atom is 0.0933 e. The van der Waals surface area contributed by atoms with Crippen molar-refractivity contribution in [2.75, 3.05) is 6.54 Å². The Morgan fingerprint density at radius 3 is 2.58 bits per heavy atom. The predicted molar refractivity (Wildman–Crippen MR) is 83.5 cm³/mol. The molecule has 0 amide bonds. The number of hydrogen-bond acceptors (Lipinski definition) is 3. The van der Waals surface area contributed by atoms with Crippen LogP contribution in [0.15, 0.2) is 30.3 Å². The zero-order chi connectivity index (χ0) is 13.7. The summed E-state index contributed by atoms with van der Waals surface area (Å²) in [6, 6.07) is 10.5. The molecule has 1 aromatic heterocycles. The maximum absolute atomic E-state index is 4.78. The largest absolute Gasteiger partial charge is 0.312 e. The SMILES string of the molecule is CCc1nc(-c2ccccc2)c(CNCC(C)C)s1. The van der Waals surface area contributed by atoms with Gasteiger partial charge in [0, 0.05) is 17.0 Å². The molecule has 19 heavy (non-hydrogen) atoms. The van der Waals surface area contributed by atoms with Crippen LogP contribution in [0.2, 0.25) is 0 Å². The zero-order valence-corrected chi connectivity index (χ0v) is 12.8. The Labute approximate surface area is 119 Å². The number of aryl methyl sites for hydroxylation is 1. The highest BCUT2D eigenvalue weighted by Crippen LogP contribution is 2.28. The van der Waals surface area contributed by atoms with Crippen LogP contribution in [0.3, 0.4) is 0 Å². The van der Waals surface area contributed by atoms with Crippen molar-refractivity contribution in [3.05, 3.63) is 40.2 Å². The van der Waals surface area contributed by atoms with Crippen LogP contribution in [-0.2, 0) is 13.0 Å². The van der Waals surface area contributed by atoms with E-state index in [1.807, 2.05) is 17.4 Å². The molecule has 102 valence electrons. The zero-order valence-electron chi connectivity index (χ0n) is 11.9. The van der Waals surface area contributed by atoms with Gasteiger partial charge in [0.2, 0.25) is 0 Å². The third kappa shape index (κ3) is 3.88. The van der Waals surface area contributed by atoms with Crippen LogP contribution in [0.4, 0.5) is 0 Å². The van der Waals surface area contributed by atoms with E-state index < -0.39 is 0 Å². The normalized spacial score (nSPS) is 11.2. The van der Waals surface area contributed by atoms with Gasteiger partial charge in [-0.25, -0.2) is 4.98 Å². The molecular weight excluding hydrogens is 252 g/mol. The molecule has 2 rings (SSSR count). The Bertz CT molecular complexity index is 503. The summed E-state index contributed by atoms with van der Waals surface area (Å²) in [7, 11) is 0. The average molecular weight is 274 g/mol. The van der Waals surface area contributed by atoms with Gasteiger partial charge in [-0.1, -0.05) is 51.1 Å². The molecule has 2 aromatic rings. The van der Waals surface area contributed by atoms with Gasteiger partial charge in [0.1, 0.15) is 0 Å². The van der Waals surface area contributed by atoms with E-state index in [-0.39, 0.29) is 0 Å². The van der Waals surface area contributed by atoms with Gasteiger partial charge in [0.25, 0.3) is 0 Å². The first kappa shape index (κ1) is 14.2. The van der Waals surface area contributed by atoms with Crippen LogP contribution < -0.4 is 5.32 Å². The van der Waals surface area contributed by atoms with Gasteiger partial charge in [-0.05, 0) is 18.9 Å². The highest BCUT2D eigenvalue weighted by molar-refractivity contribution is 7.12. The molecule has 0 unspecified atom stereocenters. The summed E-state index contributed by atoms with van der Waals surface area (Å²) in [6.45, 7) is 8.59. The van der Waals surface area contributed by atoms with E-state index in [2.05, 4.69) is 50.4 Å². The van der Waals surface area contributed by atoms with Gasteiger partial charge in [-0.2, -0.15) is 0 Å². The Morgan fingerprint density at radius 2 is 1.95 bits per heavy atom. The smallest absolute Gasteiger partial charge is 0.0933 e. The molecule has 0 aliphatic carbocycles. The number of nitrogens with one attached hydrogen (secondary N) is 1. The minimum absolute atomic E-state index is 0.679. The first-order chi connectivity index (χ1) is 9.20. The van der Waals surface area contributed by atoms with Gasteiger partial charge in [0.15, 0.2) is 0 Å². The fourth-order valence-corrected chi connectivity index (χ4v) is 2.97. The summed E-state index contributed by atoms with van der Waals surface area (Å²) in [5.74, 6) is 0.679. The predicted octanol–water partition coefficient (Wildman–Crippen LogP) is 4.12. The summed E-state index contributed by atoms with van der Waals surface area (Å²) in [6.07, 6.45) is 1.01. The summed E-state index contributed by atoms with van der Waals surface area (Å²) in [5.41, 5.74) is 2.37. The van der Waals surface area contributed by atoms with Gasteiger partial charge in [0.05, 0.1) is 10.7 Å². The lowest BCUT2D eigenvalue weighted by Crippen LogP contribution is -2.18. The molecule has 0 aliphatic heterocycles. The van der Waals surface area contributed by atoms with Gasteiger partial charge in [-0.15, -0.1) is 11.3 Å². The first-order valence-corrected chi connectivity index (χ1v) is 7.77. The minimum atomic E-state index is 0.679. The molecule has 0 fully saturated rings. The standard InChI is InChI=1S/C16H22N2S/c1-4-15-18-16(13-8-6-5-7-9-13)14(19-15)11-17-10-12(2)3/h5-9,12,17H,4,10-11H2,1-3H3. The molecule has 1 aromatic carbocycles. The Morgan fingerprint density at radius 1 is 1.21 bits per heavy atom. The molecule has 0 bridgehead atoms. The van der Waals surface area contributed by atoms with Gasteiger partial charge < -0.3 is 5.32 Å². The van der Waals surface area contributed by atoms with Crippen molar-refractivity contribution in [2.45, 2.75) is 33.7 Å². The van der Waals surface area contributed by atoms with E-state index in [1.165, 1.54) is 15.4 Å². The molecule has 0 saturated carbocycles. The second kappa shape index (κ2) is 6.83. The van der Waals surface area contributed by atoms with E-state index in [4.69, 9.17) is 4.98 Å². The van der Waals surface area contributed by atoms with Crippen molar-refractivity contribution in [1.82, 2.24) is 10.3 Å². The van der Waals surface area contributed by atoms with Crippen molar-refractivity contribution in [1.29, 1.82) is 0 Å². The topological polar surface area (TPSA) is 24.9 Å².